The van der Waals surface area contributed by atoms with Crippen LogP contribution in [0, 0.1) is 0 Å². The number of aliphatic hydroxyl groups excluding tert-OH is 1. The summed E-state index contributed by atoms with van der Waals surface area (Å²) in [5.74, 6) is 0.981. The van der Waals surface area contributed by atoms with Gasteiger partial charge in [-0.3, -0.25) is 4.79 Å². The summed E-state index contributed by atoms with van der Waals surface area (Å²) in [5, 5.41) is 16.4. The summed E-state index contributed by atoms with van der Waals surface area (Å²) >= 11 is 0. The molecule has 3 aromatic rings. The first kappa shape index (κ1) is 25.1. The number of anilines is 1. The van der Waals surface area contributed by atoms with Crippen LogP contribution < -0.4 is 20.1 Å². The second kappa shape index (κ2) is 12.1. The lowest BCUT2D eigenvalue weighted by Gasteiger charge is -2.27. The lowest BCUT2D eigenvalue weighted by atomic mass is 10.1. The predicted molar refractivity (Wildman–Crippen MR) is 137 cm³/mol. The van der Waals surface area contributed by atoms with Gasteiger partial charge in [-0.1, -0.05) is 36.4 Å². The smallest absolute Gasteiger partial charge is 0.321 e. The van der Waals surface area contributed by atoms with E-state index in [1.165, 1.54) is 0 Å². The van der Waals surface area contributed by atoms with Crippen molar-refractivity contribution in [2.75, 3.05) is 25.5 Å². The first-order valence-electron chi connectivity index (χ1n) is 12.0. The molecule has 1 heterocycles. The van der Waals surface area contributed by atoms with Crippen molar-refractivity contribution < 1.29 is 24.2 Å². The number of benzene rings is 3. The number of methoxy groups -OCH3 is 1. The first-order chi connectivity index (χ1) is 17.5. The normalized spacial score (nSPS) is 17.6. The van der Waals surface area contributed by atoms with Crippen LogP contribution >= 0.6 is 0 Å². The van der Waals surface area contributed by atoms with Crippen molar-refractivity contribution in [1.82, 2.24) is 10.2 Å². The lowest BCUT2D eigenvalue weighted by Crippen LogP contribution is -2.50. The zero-order chi connectivity index (χ0) is 25.3. The molecule has 2 atom stereocenters. The van der Waals surface area contributed by atoms with E-state index in [0.717, 1.165) is 5.56 Å². The zero-order valence-electron chi connectivity index (χ0n) is 20.2. The molecule has 3 amide bonds. The molecule has 1 aliphatic rings. The number of hydrogen-bond acceptors (Lipinski definition) is 5. The van der Waals surface area contributed by atoms with Gasteiger partial charge in [0.25, 0.3) is 5.91 Å². The number of amides is 3. The Bertz CT molecular complexity index is 1150. The van der Waals surface area contributed by atoms with E-state index >= 15 is 0 Å². The average Bonchev–Trinajstić information content (AvgIpc) is 3.09. The standard InChI is InChI=1S/C28H31N3O5/c1-35-24-10-5-9-22(17-24)29-28(34)31-16-6-11-26(32)25(18-31)30-27(33)21-12-14-23(15-13-21)36-19-20-7-3-2-4-8-20/h2-5,7-10,12-15,17,25-26,32H,6,11,16,18-19H2,1H3,(H,29,34)(H,30,33)/t25-,26-/m1/s1. The van der Waals surface area contributed by atoms with Crippen molar-refractivity contribution in [3.05, 3.63) is 90.0 Å². The van der Waals surface area contributed by atoms with Crippen molar-refractivity contribution in [2.24, 2.45) is 0 Å². The number of ether oxygens (including phenoxy) is 2. The summed E-state index contributed by atoms with van der Waals surface area (Å²) in [6.45, 7) is 1.11. The van der Waals surface area contributed by atoms with Gasteiger partial charge in [0.1, 0.15) is 18.1 Å². The Morgan fingerprint density at radius 1 is 1.00 bits per heavy atom. The number of nitrogens with one attached hydrogen (secondary N) is 2. The zero-order valence-corrected chi connectivity index (χ0v) is 20.2. The largest absolute Gasteiger partial charge is 0.497 e. The van der Waals surface area contributed by atoms with Gasteiger partial charge < -0.3 is 30.1 Å². The molecule has 188 valence electrons. The Kier molecular flexibility index (Phi) is 8.41. The van der Waals surface area contributed by atoms with Crippen LogP contribution in [0.4, 0.5) is 10.5 Å². The number of rotatable bonds is 7. The van der Waals surface area contributed by atoms with Crippen molar-refractivity contribution in [3.8, 4) is 11.5 Å². The molecular weight excluding hydrogens is 458 g/mol. The molecule has 1 aliphatic heterocycles. The minimum Gasteiger partial charge on any atom is -0.497 e. The molecule has 0 saturated carbocycles. The number of hydrogen-bond donors (Lipinski definition) is 3. The highest BCUT2D eigenvalue weighted by molar-refractivity contribution is 5.94. The molecule has 0 spiro atoms. The van der Waals surface area contributed by atoms with Crippen molar-refractivity contribution in [1.29, 1.82) is 0 Å². The third-order valence-corrected chi connectivity index (χ3v) is 6.10. The summed E-state index contributed by atoms with van der Waals surface area (Å²) in [6, 6.07) is 22.9. The molecular formula is C28H31N3O5. The maximum Gasteiger partial charge on any atom is 0.321 e. The van der Waals surface area contributed by atoms with E-state index in [2.05, 4.69) is 10.6 Å². The Labute approximate surface area is 210 Å². The summed E-state index contributed by atoms with van der Waals surface area (Å²) in [5.41, 5.74) is 2.12. The van der Waals surface area contributed by atoms with Gasteiger partial charge in [0.15, 0.2) is 0 Å². The van der Waals surface area contributed by atoms with Gasteiger partial charge >= 0.3 is 6.03 Å². The average molecular weight is 490 g/mol. The second-order valence-corrected chi connectivity index (χ2v) is 8.70. The molecule has 8 heteroatoms. The fourth-order valence-corrected chi connectivity index (χ4v) is 4.07. The Hall–Kier alpha value is -4.04. The summed E-state index contributed by atoms with van der Waals surface area (Å²) < 4.78 is 11.0. The predicted octanol–water partition coefficient (Wildman–Crippen LogP) is 4.06. The minimum absolute atomic E-state index is 0.195. The highest BCUT2D eigenvalue weighted by Gasteiger charge is 2.29. The van der Waals surface area contributed by atoms with Crippen molar-refractivity contribution in [2.45, 2.75) is 31.6 Å². The first-order valence-corrected chi connectivity index (χ1v) is 12.0. The van der Waals surface area contributed by atoms with Gasteiger partial charge in [-0.05, 0) is 54.8 Å². The van der Waals surface area contributed by atoms with E-state index in [9.17, 15) is 14.7 Å². The summed E-state index contributed by atoms with van der Waals surface area (Å²) in [6.07, 6.45) is 0.365. The molecule has 3 aromatic carbocycles. The monoisotopic (exact) mass is 489 g/mol. The maximum absolute atomic E-state index is 12.9. The van der Waals surface area contributed by atoms with Gasteiger partial charge in [0.05, 0.1) is 19.3 Å². The summed E-state index contributed by atoms with van der Waals surface area (Å²) in [7, 11) is 1.57. The van der Waals surface area contributed by atoms with E-state index in [4.69, 9.17) is 9.47 Å². The van der Waals surface area contributed by atoms with E-state index in [0.29, 0.717) is 48.7 Å². The van der Waals surface area contributed by atoms with E-state index in [1.54, 1.807) is 60.5 Å². The number of nitrogens with zero attached hydrogens (tertiary/aromatic N) is 1. The van der Waals surface area contributed by atoms with Gasteiger partial charge in [0, 0.05) is 30.4 Å². The number of aliphatic hydroxyl groups is 1. The number of carbonyl (C=O) groups is 2. The maximum atomic E-state index is 12.9. The fourth-order valence-electron chi connectivity index (χ4n) is 4.07. The molecule has 0 aromatic heterocycles. The van der Waals surface area contributed by atoms with Crippen LogP contribution in [0.15, 0.2) is 78.9 Å². The molecule has 1 fully saturated rings. The van der Waals surface area contributed by atoms with E-state index in [-0.39, 0.29) is 18.5 Å². The Morgan fingerprint density at radius 3 is 2.53 bits per heavy atom. The van der Waals surface area contributed by atoms with Gasteiger partial charge in [-0.2, -0.15) is 0 Å². The van der Waals surface area contributed by atoms with Crippen LogP contribution in [0.25, 0.3) is 0 Å². The van der Waals surface area contributed by atoms with E-state index < -0.39 is 12.1 Å². The van der Waals surface area contributed by atoms with Crippen LogP contribution in [0.2, 0.25) is 0 Å². The van der Waals surface area contributed by atoms with Gasteiger partial charge in [-0.25, -0.2) is 4.79 Å². The summed E-state index contributed by atoms with van der Waals surface area (Å²) in [4.78, 5) is 27.4. The SMILES string of the molecule is COc1cccc(NC(=O)N2CCC[C@@H](O)[C@H](NC(=O)c3ccc(OCc4ccccc4)cc3)C2)c1. The van der Waals surface area contributed by atoms with Gasteiger partial charge in [-0.15, -0.1) is 0 Å². The topological polar surface area (TPSA) is 100 Å². The van der Waals surface area contributed by atoms with Crippen LogP contribution in [0.3, 0.4) is 0 Å². The Balaban J connectivity index is 1.34. The molecule has 36 heavy (non-hydrogen) atoms. The van der Waals surface area contributed by atoms with E-state index in [1.807, 2.05) is 30.3 Å². The third kappa shape index (κ3) is 6.76. The highest BCUT2D eigenvalue weighted by Crippen LogP contribution is 2.19. The molecule has 0 radical (unpaired) electrons. The van der Waals surface area contributed by atoms with Crippen LogP contribution in [-0.2, 0) is 6.61 Å². The van der Waals surface area contributed by atoms with Gasteiger partial charge in [0.2, 0.25) is 0 Å². The molecule has 1 saturated heterocycles. The number of carbonyl (C=O) groups excluding carboxylic acids is 2. The third-order valence-electron chi connectivity index (χ3n) is 6.10. The molecule has 3 N–H and O–H groups in total. The van der Waals surface area contributed by atoms with Crippen molar-refractivity contribution >= 4 is 17.6 Å². The van der Waals surface area contributed by atoms with Crippen LogP contribution in [0.5, 0.6) is 11.5 Å². The minimum atomic E-state index is -0.753. The fraction of sp³-hybridized carbons (Fsp3) is 0.286. The highest BCUT2D eigenvalue weighted by atomic mass is 16.5. The number of urea groups is 1. The van der Waals surface area contributed by atoms with Crippen LogP contribution in [-0.4, -0.2) is 54.3 Å². The molecule has 0 bridgehead atoms. The van der Waals surface area contributed by atoms with Crippen LogP contribution in [0.1, 0.15) is 28.8 Å². The molecule has 0 aliphatic carbocycles. The van der Waals surface area contributed by atoms with Crippen molar-refractivity contribution in [3.63, 3.8) is 0 Å². The molecule has 0 unspecified atom stereocenters. The molecule has 4 rings (SSSR count). The molecule has 8 nitrogen and oxygen atoms in total. The lowest BCUT2D eigenvalue weighted by molar-refractivity contribution is 0.0811. The number of likely N-dealkylation sites (tertiary alicyclic amines) is 1. The Morgan fingerprint density at radius 2 is 1.78 bits per heavy atom. The second-order valence-electron chi connectivity index (χ2n) is 8.70. The quantitative estimate of drug-likeness (QED) is 0.465.